The fraction of sp³-hybridized carbons (Fsp3) is 0.273. The molecule has 9 nitrogen and oxygen atoms in total. The van der Waals surface area contributed by atoms with Crippen LogP contribution in [0.25, 0.3) is 33.3 Å². The van der Waals surface area contributed by atoms with Gasteiger partial charge in [0.1, 0.15) is 11.5 Å². The Morgan fingerprint density at radius 1 is 1.23 bits per heavy atom. The average Bonchev–Trinajstić information content (AvgIpc) is 3.41. The predicted molar refractivity (Wildman–Crippen MR) is 114 cm³/mol. The molecule has 3 N–H and O–H groups in total. The Balaban J connectivity index is 1.63. The van der Waals surface area contributed by atoms with Gasteiger partial charge in [-0.25, -0.2) is 0 Å². The van der Waals surface area contributed by atoms with E-state index in [4.69, 9.17) is 10.8 Å². The molecule has 3 heterocycles. The van der Waals surface area contributed by atoms with E-state index in [1.165, 1.54) is 0 Å². The van der Waals surface area contributed by atoms with Gasteiger partial charge in [0.25, 0.3) is 0 Å². The summed E-state index contributed by atoms with van der Waals surface area (Å²) in [5, 5.41) is 35.8. The van der Waals surface area contributed by atoms with Crippen LogP contribution in [0.5, 0.6) is 0 Å². The molecule has 1 aromatic carbocycles. The Bertz CT molecular complexity index is 1380. The summed E-state index contributed by atoms with van der Waals surface area (Å²) in [4.78, 5) is 6.12. The molecule has 5 rings (SSSR count). The monoisotopic (exact) mass is 409 g/mol. The fourth-order valence-electron chi connectivity index (χ4n) is 4.66. The number of nitrogens with two attached hydrogens (primary N) is 1. The summed E-state index contributed by atoms with van der Waals surface area (Å²) < 4.78 is 0. The van der Waals surface area contributed by atoms with E-state index in [0.29, 0.717) is 24.4 Å². The minimum Gasteiger partial charge on any atom is -0.384 e. The summed E-state index contributed by atoms with van der Waals surface area (Å²) in [6.07, 6.45) is 6.47. The van der Waals surface area contributed by atoms with Crippen LogP contribution in [0.4, 0.5) is 5.82 Å². The highest BCUT2D eigenvalue weighted by molar-refractivity contribution is 5.97. The summed E-state index contributed by atoms with van der Waals surface area (Å²) in [6, 6.07) is 12.4. The number of pyridine rings is 1. The summed E-state index contributed by atoms with van der Waals surface area (Å²) in [7, 11) is 0. The molecule has 152 valence electrons. The zero-order chi connectivity index (χ0) is 21.6. The van der Waals surface area contributed by atoms with Gasteiger partial charge in [0.2, 0.25) is 0 Å². The maximum Gasteiger partial charge on any atom is 0.126 e. The van der Waals surface area contributed by atoms with Crippen LogP contribution < -0.4 is 5.73 Å². The first-order valence-electron chi connectivity index (χ1n) is 9.86. The topological polar surface area (TPSA) is 146 Å². The van der Waals surface area contributed by atoms with Crippen LogP contribution >= 0.6 is 0 Å². The second-order valence-corrected chi connectivity index (χ2v) is 8.40. The van der Waals surface area contributed by atoms with E-state index >= 15 is 0 Å². The SMILES string of the molecule is C[C@]1(C#N)C[C@@](CC#N)(n2ncc(-c3cc(-c4cn[nH]c4N)cc4ncccc34)n2)C1. The van der Waals surface area contributed by atoms with Crippen LogP contribution in [-0.4, -0.2) is 30.2 Å². The Hall–Kier alpha value is -4.24. The number of aromatic nitrogens is 6. The van der Waals surface area contributed by atoms with E-state index in [1.807, 2.05) is 31.2 Å². The molecule has 3 aromatic heterocycles. The molecule has 0 unspecified atom stereocenters. The first-order chi connectivity index (χ1) is 15.0. The van der Waals surface area contributed by atoms with E-state index in [9.17, 15) is 10.5 Å². The number of hydrogen-bond donors (Lipinski definition) is 2. The van der Waals surface area contributed by atoms with Gasteiger partial charge in [-0.05, 0) is 43.5 Å². The minimum absolute atomic E-state index is 0.256. The molecule has 4 aromatic rings. The average molecular weight is 409 g/mol. The zero-order valence-corrected chi connectivity index (χ0v) is 16.9. The molecule has 1 saturated carbocycles. The van der Waals surface area contributed by atoms with Crippen molar-refractivity contribution in [3.8, 4) is 34.5 Å². The second kappa shape index (κ2) is 6.64. The molecular formula is C22H19N9. The van der Waals surface area contributed by atoms with Crippen LogP contribution in [-0.2, 0) is 5.54 Å². The van der Waals surface area contributed by atoms with Gasteiger partial charge >= 0.3 is 0 Å². The van der Waals surface area contributed by atoms with Gasteiger partial charge in [0.15, 0.2) is 0 Å². The van der Waals surface area contributed by atoms with Gasteiger partial charge < -0.3 is 5.73 Å². The van der Waals surface area contributed by atoms with E-state index < -0.39 is 11.0 Å². The van der Waals surface area contributed by atoms with Gasteiger partial charge in [-0.2, -0.15) is 30.6 Å². The van der Waals surface area contributed by atoms with Crippen molar-refractivity contribution in [3.63, 3.8) is 0 Å². The normalized spacial score (nSPS) is 22.5. The summed E-state index contributed by atoms with van der Waals surface area (Å²) in [5.74, 6) is 0.475. The number of aromatic amines is 1. The van der Waals surface area contributed by atoms with E-state index in [0.717, 1.165) is 27.6 Å². The van der Waals surface area contributed by atoms with Crippen molar-refractivity contribution >= 4 is 16.7 Å². The largest absolute Gasteiger partial charge is 0.384 e. The maximum atomic E-state index is 9.43. The van der Waals surface area contributed by atoms with Crippen molar-refractivity contribution in [2.24, 2.45) is 5.41 Å². The van der Waals surface area contributed by atoms with Crippen LogP contribution in [0.3, 0.4) is 0 Å². The lowest BCUT2D eigenvalue weighted by Crippen LogP contribution is -2.52. The number of anilines is 1. The molecule has 0 aliphatic heterocycles. The van der Waals surface area contributed by atoms with Crippen molar-refractivity contribution in [2.75, 3.05) is 5.73 Å². The minimum atomic E-state index is -0.557. The van der Waals surface area contributed by atoms with E-state index in [1.54, 1.807) is 23.4 Å². The lowest BCUT2D eigenvalue weighted by molar-refractivity contribution is 0.00748. The maximum absolute atomic E-state index is 9.43. The number of hydrogen-bond acceptors (Lipinski definition) is 7. The van der Waals surface area contributed by atoms with Gasteiger partial charge in [-0.1, -0.05) is 6.07 Å². The van der Waals surface area contributed by atoms with Crippen molar-refractivity contribution < 1.29 is 0 Å². The molecule has 1 aliphatic rings. The number of nitrogen functional groups attached to an aromatic ring is 1. The molecule has 0 amide bonds. The number of nitrogens with one attached hydrogen (secondary N) is 1. The quantitative estimate of drug-likeness (QED) is 0.525. The van der Waals surface area contributed by atoms with Gasteiger partial charge in [0, 0.05) is 22.7 Å². The molecule has 0 saturated heterocycles. The van der Waals surface area contributed by atoms with Crippen LogP contribution in [0.2, 0.25) is 0 Å². The summed E-state index contributed by atoms with van der Waals surface area (Å²) in [6.45, 7) is 1.91. The molecular weight excluding hydrogens is 390 g/mol. The molecule has 0 spiro atoms. The number of nitriles is 2. The Labute approximate surface area is 178 Å². The Morgan fingerprint density at radius 2 is 2.06 bits per heavy atom. The third-order valence-electron chi connectivity index (χ3n) is 6.01. The lowest BCUT2D eigenvalue weighted by Gasteiger charge is -2.48. The molecule has 9 heteroatoms. The van der Waals surface area contributed by atoms with E-state index in [2.05, 4.69) is 32.4 Å². The number of H-pyrrole nitrogens is 1. The summed E-state index contributed by atoms with van der Waals surface area (Å²) >= 11 is 0. The van der Waals surface area contributed by atoms with Crippen LogP contribution in [0.15, 0.2) is 42.9 Å². The number of rotatable bonds is 4. The highest BCUT2D eigenvalue weighted by atomic mass is 15.5. The smallest absolute Gasteiger partial charge is 0.126 e. The standard InChI is InChI=1S/C22H19N9/c1-21(13-24)11-22(12-21,4-5-23)31-28-10-19(30-31)16-7-14(17-9-27-29-20(17)25)8-18-15(16)3-2-6-26-18/h2-3,6-10H,4,11-12H2,1H3,(H3,25,27,29)/t21-,22+. The van der Waals surface area contributed by atoms with Gasteiger partial charge in [-0.3, -0.25) is 10.1 Å². The van der Waals surface area contributed by atoms with Crippen molar-refractivity contribution in [2.45, 2.75) is 31.7 Å². The highest BCUT2D eigenvalue weighted by Crippen LogP contribution is 2.53. The number of benzene rings is 1. The molecule has 0 radical (unpaired) electrons. The number of fused-ring (bicyclic) bond motifs is 1. The molecule has 1 fully saturated rings. The lowest BCUT2D eigenvalue weighted by atomic mass is 9.58. The third-order valence-corrected chi connectivity index (χ3v) is 6.01. The third kappa shape index (κ3) is 2.90. The zero-order valence-electron chi connectivity index (χ0n) is 16.9. The molecule has 31 heavy (non-hydrogen) atoms. The molecule has 1 aliphatic carbocycles. The molecule has 0 bridgehead atoms. The summed E-state index contributed by atoms with van der Waals surface area (Å²) in [5.41, 5.74) is 9.01. The predicted octanol–water partition coefficient (Wildman–Crippen LogP) is 3.40. The van der Waals surface area contributed by atoms with Crippen LogP contribution in [0, 0.1) is 28.1 Å². The van der Waals surface area contributed by atoms with Gasteiger partial charge in [-0.15, -0.1) is 0 Å². The highest BCUT2D eigenvalue weighted by Gasteiger charge is 2.55. The van der Waals surface area contributed by atoms with E-state index in [-0.39, 0.29) is 6.42 Å². The van der Waals surface area contributed by atoms with Gasteiger partial charge in [0.05, 0.1) is 47.4 Å². The Kier molecular flexibility index (Phi) is 4.02. The second-order valence-electron chi connectivity index (χ2n) is 8.40. The number of nitrogens with zero attached hydrogens (tertiary/aromatic N) is 7. The Morgan fingerprint density at radius 3 is 2.77 bits per heavy atom. The first kappa shape index (κ1) is 18.8. The fourth-order valence-corrected chi connectivity index (χ4v) is 4.66. The molecule has 0 atom stereocenters. The van der Waals surface area contributed by atoms with Crippen molar-refractivity contribution in [1.29, 1.82) is 10.5 Å². The van der Waals surface area contributed by atoms with Crippen LogP contribution in [0.1, 0.15) is 26.2 Å². The first-order valence-corrected chi connectivity index (χ1v) is 9.86. The van der Waals surface area contributed by atoms with Crippen molar-refractivity contribution in [1.82, 2.24) is 30.2 Å². The van der Waals surface area contributed by atoms with Crippen molar-refractivity contribution in [3.05, 3.63) is 42.9 Å².